The Balaban J connectivity index is 2.40. The minimum Gasteiger partial charge on any atom is -0.506 e. The highest BCUT2D eigenvalue weighted by Gasteiger charge is 2.05. The fraction of sp³-hybridized carbons (Fsp3) is 0.133. The van der Waals surface area contributed by atoms with Gasteiger partial charge in [-0.25, -0.2) is 0 Å². The van der Waals surface area contributed by atoms with Gasteiger partial charge >= 0.3 is 0 Å². The van der Waals surface area contributed by atoms with Gasteiger partial charge in [-0.3, -0.25) is 4.99 Å². The van der Waals surface area contributed by atoms with Gasteiger partial charge in [0.2, 0.25) is 0 Å². The molecule has 0 radical (unpaired) electrons. The molecule has 2 aromatic rings. The zero-order valence-corrected chi connectivity index (χ0v) is 12.8. The van der Waals surface area contributed by atoms with Crippen molar-refractivity contribution in [1.82, 2.24) is 0 Å². The molecule has 0 aromatic heterocycles. The minimum absolute atomic E-state index is 0.128. The zero-order valence-electron chi connectivity index (χ0n) is 10.7. The van der Waals surface area contributed by atoms with Crippen LogP contribution in [0.3, 0.4) is 0 Å². The van der Waals surface area contributed by atoms with Crippen molar-refractivity contribution in [3.8, 4) is 11.5 Å². The first-order valence-electron chi connectivity index (χ1n) is 5.80. The summed E-state index contributed by atoms with van der Waals surface area (Å²) in [7, 11) is 0. The van der Waals surface area contributed by atoms with Crippen LogP contribution < -0.4 is 0 Å². The molecule has 0 aliphatic heterocycles. The van der Waals surface area contributed by atoms with Crippen molar-refractivity contribution >= 4 is 34.5 Å². The molecule has 2 aromatic carbocycles. The molecule has 0 saturated heterocycles. The van der Waals surface area contributed by atoms with E-state index in [2.05, 4.69) is 27.6 Å². The summed E-state index contributed by atoms with van der Waals surface area (Å²) >= 11 is 2.08. The van der Waals surface area contributed by atoms with Gasteiger partial charge in [-0.05, 0) is 71.8 Å². The molecule has 3 nitrogen and oxygen atoms in total. The minimum atomic E-state index is 0.128. The Morgan fingerprint density at radius 3 is 2.53 bits per heavy atom. The van der Waals surface area contributed by atoms with Crippen molar-refractivity contribution in [2.45, 2.75) is 13.8 Å². The Bertz CT molecular complexity index is 651. The SMILES string of the molecule is Cc1cc(I)c(O)c(C=Nc2cc(C)ccc2O)c1. The second kappa shape index (κ2) is 5.61. The smallest absolute Gasteiger partial charge is 0.141 e. The molecular formula is C15H14INO2. The van der Waals surface area contributed by atoms with E-state index < -0.39 is 0 Å². The second-order valence-electron chi connectivity index (χ2n) is 4.43. The van der Waals surface area contributed by atoms with E-state index in [0.717, 1.165) is 14.7 Å². The van der Waals surface area contributed by atoms with Crippen LogP contribution in [0.25, 0.3) is 0 Å². The van der Waals surface area contributed by atoms with Gasteiger partial charge in [0.1, 0.15) is 17.2 Å². The van der Waals surface area contributed by atoms with Gasteiger partial charge in [-0.2, -0.15) is 0 Å². The molecule has 0 atom stereocenters. The lowest BCUT2D eigenvalue weighted by Gasteiger charge is -2.04. The molecule has 0 unspecified atom stereocenters. The van der Waals surface area contributed by atoms with Gasteiger partial charge in [0.05, 0.1) is 3.57 Å². The van der Waals surface area contributed by atoms with Crippen LogP contribution in [0.15, 0.2) is 35.3 Å². The third kappa shape index (κ3) is 3.26. The lowest BCUT2D eigenvalue weighted by atomic mass is 10.1. The van der Waals surface area contributed by atoms with Gasteiger partial charge in [0.15, 0.2) is 0 Å². The van der Waals surface area contributed by atoms with E-state index in [0.29, 0.717) is 11.3 Å². The first-order chi connectivity index (χ1) is 8.97. The van der Waals surface area contributed by atoms with Crippen molar-refractivity contribution in [3.05, 3.63) is 50.6 Å². The summed E-state index contributed by atoms with van der Waals surface area (Å²) in [6.45, 7) is 3.90. The second-order valence-corrected chi connectivity index (χ2v) is 5.60. The number of phenolic OH excluding ortho intramolecular Hbond substituents is 2. The fourth-order valence-electron chi connectivity index (χ4n) is 1.74. The molecule has 19 heavy (non-hydrogen) atoms. The number of halogens is 1. The number of phenols is 2. The molecule has 0 heterocycles. The highest BCUT2D eigenvalue weighted by molar-refractivity contribution is 14.1. The Labute approximate surface area is 125 Å². The molecule has 0 bridgehead atoms. The average Bonchev–Trinajstić information content (AvgIpc) is 2.35. The quantitative estimate of drug-likeness (QED) is 0.621. The summed E-state index contributed by atoms with van der Waals surface area (Å²) in [5.74, 6) is 0.339. The molecule has 0 amide bonds. The maximum absolute atomic E-state index is 9.96. The number of aromatic hydroxyl groups is 2. The third-order valence-corrected chi connectivity index (χ3v) is 3.53. The van der Waals surface area contributed by atoms with Crippen molar-refractivity contribution in [2.24, 2.45) is 4.99 Å². The van der Waals surface area contributed by atoms with Crippen LogP contribution in [-0.2, 0) is 0 Å². The van der Waals surface area contributed by atoms with E-state index in [4.69, 9.17) is 0 Å². The first-order valence-corrected chi connectivity index (χ1v) is 6.88. The Morgan fingerprint density at radius 1 is 1.05 bits per heavy atom. The molecule has 0 fully saturated rings. The summed E-state index contributed by atoms with van der Waals surface area (Å²) in [5, 5.41) is 19.7. The molecule has 98 valence electrons. The van der Waals surface area contributed by atoms with Crippen LogP contribution in [-0.4, -0.2) is 16.4 Å². The van der Waals surface area contributed by atoms with Gasteiger partial charge in [-0.15, -0.1) is 0 Å². The van der Waals surface area contributed by atoms with E-state index >= 15 is 0 Å². The van der Waals surface area contributed by atoms with Crippen LogP contribution in [0.4, 0.5) is 5.69 Å². The van der Waals surface area contributed by atoms with Gasteiger partial charge in [-0.1, -0.05) is 6.07 Å². The molecule has 4 heteroatoms. The Kier molecular flexibility index (Phi) is 4.09. The summed E-state index contributed by atoms with van der Waals surface area (Å²) in [4.78, 5) is 4.24. The van der Waals surface area contributed by atoms with E-state index in [1.54, 1.807) is 18.3 Å². The highest BCUT2D eigenvalue weighted by atomic mass is 127. The fourth-order valence-corrected chi connectivity index (χ4v) is 2.54. The lowest BCUT2D eigenvalue weighted by molar-refractivity contribution is 0.470. The summed E-state index contributed by atoms with van der Waals surface area (Å²) < 4.78 is 0.785. The standard InChI is InChI=1S/C15H14INO2/c1-9-3-4-14(18)13(7-9)17-8-11-5-10(2)6-12(16)15(11)19/h3-8,18-19H,1-2H3. The number of rotatable bonds is 2. The summed E-state index contributed by atoms with van der Waals surface area (Å²) in [6.07, 6.45) is 1.57. The lowest BCUT2D eigenvalue weighted by Crippen LogP contribution is -1.88. The maximum atomic E-state index is 9.96. The van der Waals surface area contributed by atoms with Crippen molar-refractivity contribution < 1.29 is 10.2 Å². The van der Waals surface area contributed by atoms with Crippen LogP contribution in [0.2, 0.25) is 0 Å². The number of aryl methyl sites for hydroxylation is 2. The van der Waals surface area contributed by atoms with Crippen molar-refractivity contribution in [3.63, 3.8) is 0 Å². The molecule has 0 spiro atoms. The van der Waals surface area contributed by atoms with Crippen molar-refractivity contribution in [1.29, 1.82) is 0 Å². The highest BCUT2D eigenvalue weighted by Crippen LogP contribution is 2.29. The number of hydrogen-bond donors (Lipinski definition) is 2. The largest absolute Gasteiger partial charge is 0.506 e. The molecule has 2 rings (SSSR count). The average molecular weight is 367 g/mol. The van der Waals surface area contributed by atoms with Crippen LogP contribution in [0.5, 0.6) is 11.5 Å². The first kappa shape index (κ1) is 13.9. The Morgan fingerprint density at radius 2 is 1.79 bits per heavy atom. The van der Waals surface area contributed by atoms with Crippen LogP contribution in [0, 0.1) is 17.4 Å². The Hall–Kier alpha value is -1.56. The van der Waals surface area contributed by atoms with E-state index in [9.17, 15) is 10.2 Å². The van der Waals surface area contributed by atoms with Gasteiger partial charge in [0, 0.05) is 11.8 Å². The predicted molar refractivity (Wildman–Crippen MR) is 85.7 cm³/mol. The van der Waals surface area contributed by atoms with Gasteiger partial charge < -0.3 is 10.2 Å². The molecule has 2 N–H and O–H groups in total. The third-order valence-electron chi connectivity index (χ3n) is 2.71. The van der Waals surface area contributed by atoms with E-state index in [-0.39, 0.29) is 11.5 Å². The summed E-state index contributed by atoms with van der Waals surface area (Å²) in [6, 6.07) is 8.98. The number of aliphatic imine (C=N–C) groups is 1. The topological polar surface area (TPSA) is 52.8 Å². The zero-order chi connectivity index (χ0) is 14.0. The molecule has 0 saturated carbocycles. The van der Waals surface area contributed by atoms with Crippen LogP contribution >= 0.6 is 22.6 Å². The number of hydrogen-bond acceptors (Lipinski definition) is 3. The molecule has 0 aliphatic carbocycles. The summed E-state index contributed by atoms with van der Waals surface area (Å²) in [5.41, 5.74) is 3.21. The molecule has 0 aliphatic rings. The predicted octanol–water partition coefficient (Wildman–Crippen LogP) is 4.07. The van der Waals surface area contributed by atoms with Crippen LogP contribution in [0.1, 0.15) is 16.7 Å². The van der Waals surface area contributed by atoms with E-state index in [1.165, 1.54) is 0 Å². The number of benzene rings is 2. The van der Waals surface area contributed by atoms with E-state index in [1.807, 2.05) is 32.0 Å². The molecular weight excluding hydrogens is 353 g/mol. The monoisotopic (exact) mass is 367 g/mol. The normalized spacial score (nSPS) is 11.1. The van der Waals surface area contributed by atoms with Gasteiger partial charge in [0.25, 0.3) is 0 Å². The number of nitrogens with zero attached hydrogens (tertiary/aromatic N) is 1. The maximum Gasteiger partial charge on any atom is 0.141 e. The van der Waals surface area contributed by atoms with Crippen molar-refractivity contribution in [2.75, 3.05) is 0 Å².